The minimum atomic E-state index is -0.908. The van der Waals surface area contributed by atoms with Crippen LogP contribution in [-0.2, 0) is 17.8 Å². The van der Waals surface area contributed by atoms with Crippen LogP contribution in [0.15, 0.2) is 4.79 Å². The molecule has 0 fully saturated rings. The first-order valence-electron chi connectivity index (χ1n) is 6.40. The van der Waals surface area contributed by atoms with Gasteiger partial charge in [-0.3, -0.25) is 9.36 Å². The molecule has 5 nitrogen and oxygen atoms in total. The number of carbonyl (C=O) groups is 1. The van der Waals surface area contributed by atoms with Gasteiger partial charge in [0.2, 0.25) is 0 Å². The van der Waals surface area contributed by atoms with E-state index < -0.39 is 5.97 Å². The Bertz CT molecular complexity index is 539. The SMILES string of the molecule is Cc1nc(=O)n(CCC(C)(C)C)c(C)c1CC(=O)O. The van der Waals surface area contributed by atoms with Gasteiger partial charge in [-0.2, -0.15) is 4.98 Å². The second kappa shape index (κ2) is 5.55. The average Bonchev–Trinajstić information content (AvgIpc) is 2.21. The maximum Gasteiger partial charge on any atom is 0.347 e. The fourth-order valence-electron chi connectivity index (χ4n) is 1.96. The van der Waals surface area contributed by atoms with Crippen LogP contribution in [0.1, 0.15) is 44.1 Å². The lowest BCUT2D eigenvalue weighted by Gasteiger charge is -2.20. The minimum absolute atomic E-state index is 0.0968. The van der Waals surface area contributed by atoms with Gasteiger partial charge in [-0.05, 0) is 25.7 Å². The van der Waals surface area contributed by atoms with Crippen LogP contribution in [0.4, 0.5) is 0 Å². The first-order chi connectivity index (χ1) is 8.61. The van der Waals surface area contributed by atoms with Gasteiger partial charge in [0.25, 0.3) is 0 Å². The lowest BCUT2D eigenvalue weighted by molar-refractivity contribution is -0.136. The van der Waals surface area contributed by atoms with E-state index in [0.29, 0.717) is 23.5 Å². The standard InChI is InChI=1S/C14H22N2O3/c1-9-11(8-12(17)18)10(2)16(13(19)15-9)7-6-14(3,4)5/h6-8H2,1-5H3,(H,17,18). The lowest BCUT2D eigenvalue weighted by Crippen LogP contribution is -2.29. The molecule has 0 aromatic carbocycles. The van der Waals surface area contributed by atoms with Gasteiger partial charge in [0.1, 0.15) is 0 Å². The van der Waals surface area contributed by atoms with E-state index in [0.717, 1.165) is 6.42 Å². The largest absolute Gasteiger partial charge is 0.481 e. The van der Waals surface area contributed by atoms with Gasteiger partial charge in [0.15, 0.2) is 0 Å². The Labute approximate surface area is 113 Å². The summed E-state index contributed by atoms with van der Waals surface area (Å²) in [5, 5.41) is 8.92. The van der Waals surface area contributed by atoms with E-state index in [9.17, 15) is 9.59 Å². The molecular weight excluding hydrogens is 244 g/mol. The number of hydrogen-bond donors (Lipinski definition) is 1. The van der Waals surface area contributed by atoms with Gasteiger partial charge in [0, 0.05) is 23.5 Å². The van der Waals surface area contributed by atoms with Crippen molar-refractivity contribution >= 4 is 5.97 Å². The lowest BCUT2D eigenvalue weighted by atomic mass is 9.92. The third-order valence-corrected chi connectivity index (χ3v) is 3.19. The molecule has 0 spiro atoms. The molecule has 0 unspecified atom stereocenters. The minimum Gasteiger partial charge on any atom is -0.481 e. The molecule has 1 aromatic rings. The van der Waals surface area contributed by atoms with Crippen molar-refractivity contribution < 1.29 is 9.90 Å². The summed E-state index contributed by atoms with van der Waals surface area (Å²) < 4.78 is 1.58. The molecule has 19 heavy (non-hydrogen) atoms. The predicted molar refractivity (Wildman–Crippen MR) is 73.4 cm³/mol. The zero-order chi connectivity index (χ0) is 14.8. The number of aryl methyl sites for hydroxylation is 1. The molecule has 1 rings (SSSR count). The van der Waals surface area contributed by atoms with Crippen LogP contribution in [0.25, 0.3) is 0 Å². The molecule has 1 N–H and O–H groups in total. The number of rotatable bonds is 4. The van der Waals surface area contributed by atoms with E-state index in [1.807, 2.05) is 0 Å². The van der Waals surface area contributed by atoms with E-state index in [1.54, 1.807) is 18.4 Å². The fraction of sp³-hybridized carbons (Fsp3) is 0.643. The zero-order valence-electron chi connectivity index (χ0n) is 12.3. The summed E-state index contributed by atoms with van der Waals surface area (Å²) in [6.07, 6.45) is 0.742. The van der Waals surface area contributed by atoms with E-state index in [1.165, 1.54) is 0 Å². The van der Waals surface area contributed by atoms with Crippen LogP contribution in [0.2, 0.25) is 0 Å². The van der Waals surface area contributed by atoms with Crippen molar-refractivity contribution in [1.82, 2.24) is 9.55 Å². The smallest absolute Gasteiger partial charge is 0.347 e. The summed E-state index contributed by atoms with van der Waals surface area (Å²) in [5.74, 6) is -0.908. The molecule has 0 aliphatic carbocycles. The van der Waals surface area contributed by atoms with Crippen LogP contribution in [-0.4, -0.2) is 20.6 Å². The molecule has 1 heterocycles. The van der Waals surface area contributed by atoms with E-state index in [4.69, 9.17) is 5.11 Å². The van der Waals surface area contributed by atoms with Gasteiger partial charge in [-0.1, -0.05) is 20.8 Å². The summed E-state index contributed by atoms with van der Waals surface area (Å²) in [4.78, 5) is 26.7. The second-order valence-electron chi connectivity index (χ2n) is 6.08. The molecule has 0 bridgehead atoms. The summed E-state index contributed by atoms with van der Waals surface area (Å²) in [5.41, 5.74) is 1.68. The monoisotopic (exact) mass is 266 g/mol. The Hall–Kier alpha value is -1.65. The van der Waals surface area contributed by atoms with Crippen LogP contribution >= 0.6 is 0 Å². The quantitative estimate of drug-likeness (QED) is 0.903. The molecule has 106 valence electrons. The van der Waals surface area contributed by atoms with Crippen molar-refractivity contribution in [2.45, 2.75) is 54.0 Å². The van der Waals surface area contributed by atoms with E-state index >= 15 is 0 Å². The van der Waals surface area contributed by atoms with Crippen molar-refractivity contribution in [3.8, 4) is 0 Å². The highest BCUT2D eigenvalue weighted by atomic mass is 16.4. The predicted octanol–water partition coefficient (Wildman–Crippen LogP) is 1.92. The Morgan fingerprint density at radius 1 is 1.32 bits per heavy atom. The Morgan fingerprint density at radius 3 is 2.37 bits per heavy atom. The molecule has 0 amide bonds. The van der Waals surface area contributed by atoms with Crippen LogP contribution in [0.5, 0.6) is 0 Å². The van der Waals surface area contributed by atoms with Gasteiger partial charge in [-0.25, -0.2) is 4.79 Å². The summed E-state index contributed by atoms with van der Waals surface area (Å²) in [6, 6.07) is 0. The number of nitrogens with zero attached hydrogens (tertiary/aromatic N) is 2. The molecule has 5 heteroatoms. The van der Waals surface area contributed by atoms with Crippen molar-refractivity contribution in [1.29, 1.82) is 0 Å². The maximum absolute atomic E-state index is 11.9. The third-order valence-electron chi connectivity index (χ3n) is 3.19. The van der Waals surface area contributed by atoms with Crippen molar-refractivity contribution in [2.24, 2.45) is 5.41 Å². The number of hydrogen-bond acceptors (Lipinski definition) is 3. The second-order valence-corrected chi connectivity index (χ2v) is 6.08. The molecule has 0 atom stereocenters. The van der Waals surface area contributed by atoms with Gasteiger partial charge >= 0.3 is 11.7 Å². The zero-order valence-corrected chi connectivity index (χ0v) is 12.3. The van der Waals surface area contributed by atoms with Gasteiger partial charge < -0.3 is 5.11 Å². The van der Waals surface area contributed by atoms with Crippen molar-refractivity contribution in [3.63, 3.8) is 0 Å². The first-order valence-corrected chi connectivity index (χ1v) is 6.40. The highest BCUT2D eigenvalue weighted by Crippen LogP contribution is 2.20. The Kier molecular flexibility index (Phi) is 4.50. The molecule has 0 radical (unpaired) electrons. The molecule has 0 aliphatic heterocycles. The molecule has 1 aromatic heterocycles. The topological polar surface area (TPSA) is 72.2 Å². The summed E-state index contributed by atoms with van der Waals surface area (Å²) >= 11 is 0. The third kappa shape index (κ3) is 4.19. The van der Waals surface area contributed by atoms with Crippen molar-refractivity contribution in [3.05, 3.63) is 27.4 Å². The molecule has 0 saturated heterocycles. The van der Waals surface area contributed by atoms with Gasteiger partial charge in [-0.15, -0.1) is 0 Å². The molecule has 0 saturated carbocycles. The van der Waals surface area contributed by atoms with Crippen LogP contribution < -0.4 is 5.69 Å². The molecule has 0 aliphatic rings. The van der Waals surface area contributed by atoms with E-state index in [2.05, 4.69) is 25.8 Å². The Morgan fingerprint density at radius 2 is 1.89 bits per heavy atom. The summed E-state index contributed by atoms with van der Waals surface area (Å²) in [7, 11) is 0. The number of aliphatic carboxylic acids is 1. The number of carboxylic acids is 1. The highest BCUT2D eigenvalue weighted by Gasteiger charge is 2.16. The van der Waals surface area contributed by atoms with E-state index in [-0.39, 0.29) is 17.5 Å². The van der Waals surface area contributed by atoms with Crippen LogP contribution in [0, 0.1) is 19.3 Å². The normalized spacial score (nSPS) is 11.6. The maximum atomic E-state index is 11.9. The fourth-order valence-corrected chi connectivity index (χ4v) is 1.96. The van der Waals surface area contributed by atoms with Crippen molar-refractivity contribution in [2.75, 3.05) is 0 Å². The van der Waals surface area contributed by atoms with Gasteiger partial charge in [0.05, 0.1) is 6.42 Å². The first kappa shape index (κ1) is 15.4. The van der Waals surface area contributed by atoms with Crippen LogP contribution in [0.3, 0.4) is 0 Å². The number of aromatic nitrogens is 2. The molecular formula is C14H22N2O3. The average molecular weight is 266 g/mol. The highest BCUT2D eigenvalue weighted by molar-refractivity contribution is 5.70. The summed E-state index contributed by atoms with van der Waals surface area (Å²) in [6.45, 7) is 10.3. The number of carboxylic acid groups (broad SMARTS) is 1. The Balaban J connectivity index is 3.18.